The fourth-order valence-corrected chi connectivity index (χ4v) is 5.30. The Hall–Kier alpha value is -1.67. The smallest absolute Gasteiger partial charge is 0.0704 e. The van der Waals surface area contributed by atoms with Crippen molar-refractivity contribution in [2.45, 2.75) is 30.8 Å². The highest BCUT2D eigenvalue weighted by Gasteiger charge is 2.75. The van der Waals surface area contributed by atoms with Gasteiger partial charge >= 0.3 is 0 Å². The molecule has 0 N–H and O–H groups in total. The van der Waals surface area contributed by atoms with Gasteiger partial charge in [-0.3, -0.25) is 9.88 Å². The Morgan fingerprint density at radius 2 is 2.24 bits per heavy atom. The molecule has 2 heteroatoms. The van der Waals surface area contributed by atoms with Crippen LogP contribution in [0.5, 0.6) is 0 Å². The second-order valence-electron chi connectivity index (χ2n) is 6.89. The molecule has 3 fully saturated rings. The lowest BCUT2D eigenvalue weighted by Gasteiger charge is -2.49. The molecule has 21 heavy (non-hydrogen) atoms. The molecule has 1 saturated carbocycles. The summed E-state index contributed by atoms with van der Waals surface area (Å²) in [7, 11) is 0. The van der Waals surface area contributed by atoms with Crippen LogP contribution in [0.4, 0.5) is 0 Å². The first-order chi connectivity index (χ1) is 10.3. The molecule has 2 nitrogen and oxygen atoms in total. The van der Waals surface area contributed by atoms with Crippen LogP contribution < -0.4 is 0 Å². The molecule has 2 saturated heterocycles. The van der Waals surface area contributed by atoms with Gasteiger partial charge in [0.1, 0.15) is 0 Å². The van der Waals surface area contributed by atoms with Crippen molar-refractivity contribution in [3.05, 3.63) is 54.7 Å². The molecule has 0 bridgehead atoms. The Morgan fingerprint density at radius 1 is 1.33 bits per heavy atom. The molecule has 3 heterocycles. The standard InChI is InChI=1S/C19H20N2/c1-2-16-17-8-10-21-14(12-19(16,17)21)11-13-7-9-20-18-6-4-3-5-15(13)18/h2-7,9,14,16-17H,1,8,10-12H2. The number of rotatable bonds is 3. The number of para-hydroxylation sites is 1. The van der Waals surface area contributed by atoms with E-state index in [9.17, 15) is 0 Å². The first-order valence-electron chi connectivity index (χ1n) is 8.06. The first-order valence-corrected chi connectivity index (χ1v) is 8.06. The van der Waals surface area contributed by atoms with Crippen molar-refractivity contribution in [2.75, 3.05) is 6.54 Å². The number of hydrogen-bond acceptors (Lipinski definition) is 2. The number of benzene rings is 1. The zero-order valence-corrected chi connectivity index (χ0v) is 12.2. The zero-order valence-electron chi connectivity index (χ0n) is 12.2. The maximum Gasteiger partial charge on any atom is 0.0704 e. The maximum absolute atomic E-state index is 4.48. The van der Waals surface area contributed by atoms with Crippen LogP contribution in [-0.2, 0) is 6.42 Å². The third-order valence-corrected chi connectivity index (χ3v) is 6.21. The minimum absolute atomic E-state index is 0.537. The SMILES string of the molecule is C=CC1C2CCN3C(Cc4ccnc5ccccc45)CC123. The molecule has 4 unspecified atom stereocenters. The predicted molar refractivity (Wildman–Crippen MR) is 85.1 cm³/mol. The molecule has 1 aromatic carbocycles. The van der Waals surface area contributed by atoms with Crippen LogP contribution in [0.15, 0.2) is 49.2 Å². The van der Waals surface area contributed by atoms with Crippen molar-refractivity contribution in [2.24, 2.45) is 11.8 Å². The number of nitrogens with zero attached hydrogens (tertiary/aromatic N) is 2. The van der Waals surface area contributed by atoms with Gasteiger partial charge in [-0.15, -0.1) is 6.58 Å². The van der Waals surface area contributed by atoms with E-state index in [0.29, 0.717) is 5.54 Å². The number of aromatic nitrogens is 1. The van der Waals surface area contributed by atoms with Crippen LogP contribution in [0.25, 0.3) is 10.9 Å². The average Bonchev–Trinajstić information content (AvgIpc) is 3.06. The van der Waals surface area contributed by atoms with Crippen LogP contribution >= 0.6 is 0 Å². The van der Waals surface area contributed by atoms with Crippen LogP contribution in [0.1, 0.15) is 18.4 Å². The molecule has 2 aliphatic heterocycles. The van der Waals surface area contributed by atoms with Crippen LogP contribution in [0.3, 0.4) is 0 Å². The second-order valence-corrected chi connectivity index (χ2v) is 6.89. The summed E-state index contributed by atoms with van der Waals surface area (Å²) >= 11 is 0. The lowest BCUT2D eigenvalue weighted by atomic mass is 9.84. The third kappa shape index (κ3) is 1.39. The molecule has 0 radical (unpaired) electrons. The van der Waals surface area contributed by atoms with Crippen molar-refractivity contribution in [1.29, 1.82) is 0 Å². The van der Waals surface area contributed by atoms with E-state index in [-0.39, 0.29) is 0 Å². The molecule has 106 valence electrons. The zero-order chi connectivity index (χ0) is 14.0. The Morgan fingerprint density at radius 3 is 3.10 bits per heavy atom. The van der Waals surface area contributed by atoms with Gasteiger partial charge in [0.05, 0.1) is 5.52 Å². The van der Waals surface area contributed by atoms with E-state index < -0.39 is 0 Å². The summed E-state index contributed by atoms with van der Waals surface area (Å²) in [5.41, 5.74) is 3.12. The Kier molecular flexibility index (Phi) is 2.24. The lowest BCUT2D eigenvalue weighted by molar-refractivity contribution is 0.00992. The van der Waals surface area contributed by atoms with Gasteiger partial charge in [0.2, 0.25) is 0 Å². The van der Waals surface area contributed by atoms with Gasteiger partial charge in [0.15, 0.2) is 0 Å². The predicted octanol–water partition coefficient (Wildman–Crippen LogP) is 3.43. The summed E-state index contributed by atoms with van der Waals surface area (Å²) in [4.78, 5) is 7.26. The number of piperidine rings is 1. The summed E-state index contributed by atoms with van der Waals surface area (Å²) in [5.74, 6) is 1.69. The van der Waals surface area contributed by atoms with E-state index in [1.54, 1.807) is 0 Å². The van der Waals surface area contributed by atoms with Crippen molar-refractivity contribution in [3.63, 3.8) is 0 Å². The fourth-order valence-electron chi connectivity index (χ4n) is 5.30. The lowest BCUT2D eigenvalue weighted by Crippen LogP contribution is -2.58. The largest absolute Gasteiger partial charge is 0.293 e. The van der Waals surface area contributed by atoms with Gasteiger partial charge in [-0.2, -0.15) is 0 Å². The molecule has 1 aromatic heterocycles. The quantitative estimate of drug-likeness (QED) is 0.799. The molecular formula is C19H20N2. The van der Waals surface area contributed by atoms with E-state index >= 15 is 0 Å². The summed E-state index contributed by atoms with van der Waals surface area (Å²) < 4.78 is 0. The monoisotopic (exact) mass is 276 g/mol. The van der Waals surface area contributed by atoms with Crippen molar-refractivity contribution in [3.8, 4) is 0 Å². The third-order valence-electron chi connectivity index (χ3n) is 6.21. The minimum atomic E-state index is 0.537. The van der Waals surface area contributed by atoms with Gasteiger partial charge in [0, 0.05) is 23.2 Å². The van der Waals surface area contributed by atoms with E-state index in [1.165, 1.54) is 36.8 Å². The van der Waals surface area contributed by atoms with Crippen LogP contribution in [0.2, 0.25) is 0 Å². The van der Waals surface area contributed by atoms with Gasteiger partial charge in [-0.1, -0.05) is 24.3 Å². The highest BCUT2D eigenvalue weighted by molar-refractivity contribution is 5.81. The van der Waals surface area contributed by atoms with Crippen molar-refractivity contribution in [1.82, 2.24) is 9.88 Å². The Bertz CT molecular complexity index is 732. The first kappa shape index (κ1) is 11.9. The highest BCUT2D eigenvalue weighted by Crippen LogP contribution is 2.70. The van der Waals surface area contributed by atoms with Crippen LogP contribution in [0, 0.1) is 11.8 Å². The van der Waals surface area contributed by atoms with E-state index in [0.717, 1.165) is 23.4 Å². The molecule has 0 amide bonds. The highest BCUT2D eigenvalue weighted by atomic mass is 15.4. The van der Waals surface area contributed by atoms with Gasteiger partial charge in [-0.25, -0.2) is 0 Å². The van der Waals surface area contributed by atoms with E-state index in [1.807, 2.05) is 6.20 Å². The summed E-state index contributed by atoms with van der Waals surface area (Å²) in [6, 6.07) is 11.5. The van der Waals surface area contributed by atoms with E-state index in [4.69, 9.17) is 0 Å². The van der Waals surface area contributed by atoms with E-state index in [2.05, 4.69) is 52.9 Å². The molecule has 4 atom stereocenters. The molecule has 1 aliphatic carbocycles. The number of fused-ring (bicyclic) bond motifs is 1. The summed E-state index contributed by atoms with van der Waals surface area (Å²) in [5, 5.41) is 1.33. The van der Waals surface area contributed by atoms with Gasteiger partial charge in [0.25, 0.3) is 0 Å². The summed E-state index contributed by atoms with van der Waals surface area (Å²) in [6.07, 6.45) is 8.08. The van der Waals surface area contributed by atoms with Crippen LogP contribution in [-0.4, -0.2) is 28.0 Å². The Labute approximate surface area is 125 Å². The van der Waals surface area contributed by atoms with Crippen molar-refractivity contribution >= 4 is 10.9 Å². The average molecular weight is 276 g/mol. The number of hydrogen-bond donors (Lipinski definition) is 0. The second kappa shape index (κ2) is 3.95. The minimum Gasteiger partial charge on any atom is -0.293 e. The Balaban J connectivity index is 1.43. The topological polar surface area (TPSA) is 16.1 Å². The number of pyridine rings is 1. The molecular weight excluding hydrogens is 256 g/mol. The fraction of sp³-hybridized carbons (Fsp3) is 0.421. The molecule has 3 aliphatic rings. The van der Waals surface area contributed by atoms with Crippen molar-refractivity contribution < 1.29 is 0 Å². The molecule has 5 rings (SSSR count). The molecule has 1 spiro atoms. The maximum atomic E-state index is 4.48. The van der Waals surface area contributed by atoms with Gasteiger partial charge < -0.3 is 0 Å². The summed E-state index contributed by atoms with van der Waals surface area (Å²) in [6.45, 7) is 5.33. The van der Waals surface area contributed by atoms with Gasteiger partial charge in [-0.05, 0) is 55.3 Å². The normalized spacial score (nSPS) is 36.9. The molecule has 2 aromatic rings.